The summed E-state index contributed by atoms with van der Waals surface area (Å²) in [5, 5.41) is 4.82. The van der Waals surface area contributed by atoms with E-state index in [-0.39, 0.29) is 0 Å². The van der Waals surface area contributed by atoms with Crippen molar-refractivity contribution in [2.75, 3.05) is 13.1 Å². The second-order valence-electron chi connectivity index (χ2n) is 3.38. The lowest BCUT2D eigenvalue weighted by atomic mass is 10.3. The van der Waals surface area contributed by atoms with Crippen LogP contribution in [0, 0.1) is 0 Å². The zero-order chi connectivity index (χ0) is 12.7. The van der Waals surface area contributed by atoms with Gasteiger partial charge in [0.1, 0.15) is 5.69 Å². The molecule has 0 bridgehead atoms. The van der Waals surface area contributed by atoms with Crippen molar-refractivity contribution in [3.05, 3.63) is 24.3 Å². The highest BCUT2D eigenvalue weighted by molar-refractivity contribution is 7.80. The summed E-state index contributed by atoms with van der Waals surface area (Å²) < 4.78 is 0. The van der Waals surface area contributed by atoms with E-state index in [1.165, 1.54) is 0 Å². The second-order valence-corrected chi connectivity index (χ2v) is 3.76. The van der Waals surface area contributed by atoms with E-state index in [0.29, 0.717) is 5.11 Å². The molecule has 0 amide bonds. The summed E-state index contributed by atoms with van der Waals surface area (Å²) in [4.78, 5) is 10.2. The van der Waals surface area contributed by atoms with Crippen LogP contribution in [0.15, 0.2) is 23.7 Å². The molecule has 0 fully saturated rings. The molecule has 1 rings (SSSR count). The highest BCUT2D eigenvalue weighted by atomic mass is 32.1. The number of nitrogens with one attached hydrogen (secondary N) is 1. The first-order chi connectivity index (χ1) is 8.19. The van der Waals surface area contributed by atoms with Crippen LogP contribution in [0.2, 0.25) is 0 Å². The molecule has 0 aromatic carbocycles. The number of thiocarbonyl (C=S) groups is 1. The minimum absolute atomic E-state index is 0.623. The van der Waals surface area contributed by atoms with Crippen molar-refractivity contribution >= 4 is 23.0 Å². The molecule has 0 unspecified atom stereocenters. The monoisotopic (exact) mass is 251 g/mol. The number of rotatable bonds is 4. The summed E-state index contributed by atoms with van der Waals surface area (Å²) >= 11 is 5.21. The number of hydrazone groups is 1. The number of hydrogen-bond donors (Lipinski definition) is 1. The lowest BCUT2D eigenvalue weighted by Crippen LogP contribution is -2.37. The average Bonchev–Trinajstić information content (AvgIpc) is 2.38. The van der Waals surface area contributed by atoms with Crippen molar-refractivity contribution in [2.24, 2.45) is 5.10 Å². The van der Waals surface area contributed by atoms with Gasteiger partial charge in [-0.15, -0.1) is 0 Å². The van der Waals surface area contributed by atoms with E-state index in [0.717, 1.165) is 24.5 Å². The minimum atomic E-state index is 0.623. The Morgan fingerprint density at radius 2 is 2.12 bits per heavy atom. The van der Waals surface area contributed by atoms with Crippen molar-refractivity contribution in [1.29, 1.82) is 0 Å². The van der Waals surface area contributed by atoms with Crippen LogP contribution < -0.4 is 5.43 Å². The Labute approximate surface area is 107 Å². The van der Waals surface area contributed by atoms with E-state index in [1.807, 2.05) is 11.8 Å². The fourth-order valence-corrected chi connectivity index (χ4v) is 1.56. The Balaban J connectivity index is 2.62. The van der Waals surface area contributed by atoms with Crippen LogP contribution in [-0.2, 0) is 0 Å². The molecule has 5 nitrogen and oxygen atoms in total. The smallest absolute Gasteiger partial charge is 0.189 e. The van der Waals surface area contributed by atoms with Gasteiger partial charge < -0.3 is 4.90 Å². The molecule has 0 radical (unpaired) electrons. The van der Waals surface area contributed by atoms with Crippen LogP contribution in [0.5, 0.6) is 0 Å². The summed E-state index contributed by atoms with van der Waals surface area (Å²) in [5.74, 6) is 0. The summed E-state index contributed by atoms with van der Waals surface area (Å²) in [5.41, 5.74) is 4.36. The van der Waals surface area contributed by atoms with Gasteiger partial charge in [0.15, 0.2) is 5.11 Å². The molecule has 0 atom stereocenters. The summed E-state index contributed by atoms with van der Waals surface area (Å²) in [6.45, 7) is 7.69. The fourth-order valence-electron chi connectivity index (χ4n) is 1.26. The summed E-state index contributed by atoms with van der Waals surface area (Å²) in [7, 11) is 0. The number of hydrogen-bond acceptors (Lipinski definition) is 4. The largest absolute Gasteiger partial charge is 0.348 e. The third-order valence-corrected chi connectivity index (χ3v) is 2.65. The van der Waals surface area contributed by atoms with E-state index >= 15 is 0 Å². The second kappa shape index (κ2) is 6.90. The molecule has 0 aliphatic rings. The molecule has 1 aromatic rings. The van der Waals surface area contributed by atoms with Crippen LogP contribution in [0.3, 0.4) is 0 Å². The lowest BCUT2D eigenvalue weighted by Gasteiger charge is -2.20. The van der Waals surface area contributed by atoms with Crippen molar-refractivity contribution in [1.82, 2.24) is 20.3 Å². The van der Waals surface area contributed by atoms with E-state index in [1.54, 1.807) is 18.6 Å². The maximum Gasteiger partial charge on any atom is 0.189 e. The average molecular weight is 251 g/mol. The van der Waals surface area contributed by atoms with Crippen LogP contribution in [0.1, 0.15) is 26.5 Å². The van der Waals surface area contributed by atoms with E-state index in [9.17, 15) is 0 Å². The molecule has 1 N–H and O–H groups in total. The van der Waals surface area contributed by atoms with Crippen molar-refractivity contribution in [3.63, 3.8) is 0 Å². The SMILES string of the molecule is CCN(CC)C(=S)NN=C(C)c1cnccn1. The molecule has 0 saturated heterocycles. The van der Waals surface area contributed by atoms with Gasteiger partial charge in [0.25, 0.3) is 0 Å². The molecule has 0 aliphatic carbocycles. The first kappa shape index (κ1) is 13.5. The van der Waals surface area contributed by atoms with Crippen molar-refractivity contribution < 1.29 is 0 Å². The van der Waals surface area contributed by atoms with E-state index < -0.39 is 0 Å². The van der Waals surface area contributed by atoms with Gasteiger partial charge in [-0.2, -0.15) is 5.10 Å². The van der Waals surface area contributed by atoms with Crippen LogP contribution in [-0.4, -0.2) is 38.8 Å². The Kier molecular flexibility index (Phi) is 5.48. The normalized spacial score (nSPS) is 11.1. The quantitative estimate of drug-likeness (QED) is 0.498. The van der Waals surface area contributed by atoms with Crippen LogP contribution in [0.25, 0.3) is 0 Å². The Morgan fingerprint density at radius 1 is 1.41 bits per heavy atom. The minimum Gasteiger partial charge on any atom is -0.348 e. The van der Waals surface area contributed by atoms with Gasteiger partial charge in [0.2, 0.25) is 0 Å². The van der Waals surface area contributed by atoms with E-state index in [4.69, 9.17) is 12.2 Å². The predicted molar refractivity (Wildman–Crippen MR) is 72.9 cm³/mol. The summed E-state index contributed by atoms with van der Waals surface area (Å²) in [6, 6.07) is 0. The van der Waals surface area contributed by atoms with Gasteiger partial charge in [-0.3, -0.25) is 15.4 Å². The molecule has 1 heterocycles. The van der Waals surface area contributed by atoms with Crippen molar-refractivity contribution in [2.45, 2.75) is 20.8 Å². The van der Waals surface area contributed by atoms with Gasteiger partial charge >= 0.3 is 0 Å². The Morgan fingerprint density at radius 3 is 2.65 bits per heavy atom. The fraction of sp³-hybridized carbons (Fsp3) is 0.455. The van der Waals surface area contributed by atoms with Gasteiger partial charge in [-0.05, 0) is 33.0 Å². The molecule has 0 saturated carbocycles. The molecular weight excluding hydrogens is 234 g/mol. The zero-order valence-electron chi connectivity index (χ0n) is 10.3. The highest BCUT2D eigenvalue weighted by Crippen LogP contribution is 1.94. The highest BCUT2D eigenvalue weighted by Gasteiger charge is 2.04. The number of nitrogens with zero attached hydrogens (tertiary/aromatic N) is 4. The Hall–Kier alpha value is -1.56. The molecule has 92 valence electrons. The first-order valence-electron chi connectivity index (χ1n) is 5.54. The standard InChI is InChI=1S/C11H17N5S/c1-4-16(5-2)11(17)15-14-9(3)10-8-12-6-7-13-10/h6-8H,4-5H2,1-3H3,(H,15,17). The maximum absolute atomic E-state index is 5.21. The topological polar surface area (TPSA) is 53.4 Å². The summed E-state index contributed by atoms with van der Waals surface area (Å²) in [6.07, 6.45) is 4.93. The van der Waals surface area contributed by atoms with E-state index in [2.05, 4.69) is 34.3 Å². The predicted octanol–water partition coefficient (Wildman–Crippen LogP) is 1.42. The molecule has 1 aromatic heterocycles. The molecule has 0 aliphatic heterocycles. The molecule has 6 heteroatoms. The Bertz CT molecular complexity index is 386. The van der Waals surface area contributed by atoms with Crippen LogP contribution in [0.4, 0.5) is 0 Å². The first-order valence-corrected chi connectivity index (χ1v) is 5.95. The van der Waals surface area contributed by atoms with Gasteiger partial charge in [-0.1, -0.05) is 0 Å². The number of aromatic nitrogens is 2. The zero-order valence-corrected chi connectivity index (χ0v) is 11.2. The molecule has 0 spiro atoms. The maximum atomic E-state index is 5.21. The van der Waals surface area contributed by atoms with Gasteiger partial charge in [0.05, 0.1) is 11.9 Å². The molecule has 17 heavy (non-hydrogen) atoms. The van der Waals surface area contributed by atoms with Crippen molar-refractivity contribution in [3.8, 4) is 0 Å². The van der Waals surface area contributed by atoms with Gasteiger partial charge in [0, 0.05) is 25.5 Å². The molecular formula is C11H17N5S. The third kappa shape index (κ3) is 4.07. The van der Waals surface area contributed by atoms with Crippen LogP contribution >= 0.6 is 12.2 Å². The lowest BCUT2D eigenvalue weighted by molar-refractivity contribution is 0.458. The third-order valence-electron chi connectivity index (χ3n) is 2.30. The van der Waals surface area contributed by atoms with Gasteiger partial charge in [-0.25, -0.2) is 0 Å².